The summed E-state index contributed by atoms with van der Waals surface area (Å²) in [5.41, 5.74) is -0.565. The molecule has 2 heterocycles. The Morgan fingerprint density at radius 2 is 1.69 bits per heavy atom. The lowest BCUT2D eigenvalue weighted by molar-refractivity contribution is -0.192. The molecule has 1 fully saturated rings. The van der Waals surface area contributed by atoms with E-state index in [0.29, 0.717) is 11.5 Å². The molecule has 1 aliphatic rings. The predicted molar refractivity (Wildman–Crippen MR) is 112 cm³/mol. The summed E-state index contributed by atoms with van der Waals surface area (Å²) in [5, 5.41) is 10.1. The second-order valence-electron chi connectivity index (χ2n) is 7.66. The van der Waals surface area contributed by atoms with E-state index in [1.807, 2.05) is 0 Å². The lowest BCUT2D eigenvalue weighted by atomic mass is 10.2. The molecule has 0 spiro atoms. The zero-order chi connectivity index (χ0) is 27.6. The number of rotatable bonds is 4. The smallest absolute Gasteiger partial charge is 0.475 e. The van der Waals surface area contributed by atoms with Crippen molar-refractivity contribution < 1.29 is 54.2 Å². The highest BCUT2D eigenvalue weighted by Gasteiger charge is 2.47. The van der Waals surface area contributed by atoms with Crippen LogP contribution in [-0.4, -0.2) is 66.4 Å². The van der Waals surface area contributed by atoms with Crippen molar-refractivity contribution in [3.63, 3.8) is 0 Å². The number of benzene rings is 1. The number of aromatic nitrogens is 2. The first-order valence-electron chi connectivity index (χ1n) is 9.96. The quantitative estimate of drug-likeness (QED) is 0.460. The van der Waals surface area contributed by atoms with Crippen LogP contribution in [0.2, 0.25) is 0 Å². The Hall–Kier alpha value is -3.30. The van der Waals surface area contributed by atoms with Crippen molar-refractivity contribution in [1.82, 2.24) is 9.78 Å². The SMILES string of the molecule is COC(=O)[C@@H]1C[C@@H](S(=O)(=O)c2ccccc2C(F)(F)F)CN1c1cc(C)nn1C.O=C(O)C(F)(F)F. The highest BCUT2D eigenvalue weighted by Crippen LogP contribution is 2.38. The minimum atomic E-state index is -5.08. The average molecular weight is 545 g/mol. The van der Waals surface area contributed by atoms with E-state index in [4.69, 9.17) is 14.6 Å². The van der Waals surface area contributed by atoms with Gasteiger partial charge in [-0.25, -0.2) is 18.0 Å². The molecule has 1 aliphatic heterocycles. The van der Waals surface area contributed by atoms with Crippen LogP contribution >= 0.6 is 0 Å². The molecule has 1 saturated heterocycles. The predicted octanol–water partition coefficient (Wildman–Crippen LogP) is 2.97. The average Bonchev–Trinajstić information content (AvgIpc) is 3.35. The Balaban J connectivity index is 0.000000572. The summed E-state index contributed by atoms with van der Waals surface area (Å²) in [5.74, 6) is -2.93. The number of carbonyl (C=O) groups is 2. The van der Waals surface area contributed by atoms with Gasteiger partial charge in [-0.15, -0.1) is 0 Å². The third-order valence-corrected chi connectivity index (χ3v) is 7.38. The molecule has 36 heavy (non-hydrogen) atoms. The molecule has 1 N–H and O–H groups in total. The number of methoxy groups -OCH3 is 1. The number of esters is 1. The van der Waals surface area contributed by atoms with Crippen molar-refractivity contribution in [2.45, 2.75) is 41.9 Å². The van der Waals surface area contributed by atoms with Crippen molar-refractivity contribution in [3.05, 3.63) is 41.6 Å². The van der Waals surface area contributed by atoms with E-state index in [2.05, 4.69) is 5.10 Å². The Bertz CT molecular complexity index is 1230. The lowest BCUT2D eigenvalue weighted by Crippen LogP contribution is -2.38. The number of hydrogen-bond donors (Lipinski definition) is 1. The number of alkyl halides is 6. The minimum absolute atomic E-state index is 0.159. The molecule has 2 aromatic rings. The third-order valence-electron chi connectivity index (χ3n) is 5.19. The monoisotopic (exact) mass is 545 g/mol. The number of anilines is 1. The van der Waals surface area contributed by atoms with E-state index in [-0.39, 0.29) is 13.0 Å². The van der Waals surface area contributed by atoms with Crippen LogP contribution in [-0.2, 0) is 37.4 Å². The Morgan fingerprint density at radius 3 is 2.14 bits per heavy atom. The molecule has 1 aromatic heterocycles. The first kappa shape index (κ1) is 28.9. The van der Waals surface area contributed by atoms with Gasteiger partial charge in [-0.3, -0.25) is 4.68 Å². The molecule has 0 saturated carbocycles. The number of carboxylic acids is 1. The van der Waals surface area contributed by atoms with E-state index in [1.54, 1.807) is 20.0 Å². The van der Waals surface area contributed by atoms with E-state index >= 15 is 0 Å². The second kappa shape index (κ2) is 10.4. The van der Waals surface area contributed by atoms with Gasteiger partial charge in [-0.2, -0.15) is 31.4 Å². The van der Waals surface area contributed by atoms with Crippen LogP contribution < -0.4 is 4.90 Å². The van der Waals surface area contributed by atoms with Crippen molar-refractivity contribution in [2.75, 3.05) is 18.6 Å². The van der Waals surface area contributed by atoms with E-state index in [0.717, 1.165) is 18.2 Å². The maximum absolute atomic E-state index is 13.4. The molecule has 0 radical (unpaired) electrons. The molecule has 2 atom stereocenters. The molecule has 0 amide bonds. The van der Waals surface area contributed by atoms with Gasteiger partial charge in [0.1, 0.15) is 11.9 Å². The minimum Gasteiger partial charge on any atom is -0.475 e. The van der Waals surface area contributed by atoms with Gasteiger partial charge in [-0.1, -0.05) is 12.1 Å². The molecular weight excluding hydrogens is 524 g/mol. The number of hydrogen-bond acceptors (Lipinski definition) is 7. The van der Waals surface area contributed by atoms with Gasteiger partial charge in [0.2, 0.25) is 0 Å². The largest absolute Gasteiger partial charge is 0.490 e. The summed E-state index contributed by atoms with van der Waals surface area (Å²) < 4.78 is 104. The molecule has 0 bridgehead atoms. The number of carbonyl (C=O) groups excluding carboxylic acids is 1. The number of carboxylic acid groups (broad SMARTS) is 1. The van der Waals surface area contributed by atoms with Gasteiger partial charge in [0, 0.05) is 19.7 Å². The summed E-state index contributed by atoms with van der Waals surface area (Å²) in [7, 11) is -1.56. The van der Waals surface area contributed by atoms with Gasteiger partial charge in [0.05, 0.1) is 28.5 Å². The van der Waals surface area contributed by atoms with Crippen LogP contribution in [0.25, 0.3) is 0 Å². The van der Waals surface area contributed by atoms with Crippen molar-refractivity contribution in [1.29, 1.82) is 0 Å². The third kappa shape index (κ3) is 6.27. The first-order valence-corrected chi connectivity index (χ1v) is 11.5. The summed E-state index contributed by atoms with van der Waals surface area (Å²) in [6.45, 7) is 1.58. The fourth-order valence-electron chi connectivity index (χ4n) is 3.63. The van der Waals surface area contributed by atoms with Gasteiger partial charge < -0.3 is 14.7 Å². The number of aryl methyl sites for hydroxylation is 2. The highest BCUT2D eigenvalue weighted by atomic mass is 32.2. The number of aliphatic carboxylic acids is 1. The zero-order valence-corrected chi connectivity index (χ0v) is 19.8. The second-order valence-corrected chi connectivity index (χ2v) is 9.85. The molecule has 0 aliphatic carbocycles. The van der Waals surface area contributed by atoms with Crippen LogP contribution in [0.4, 0.5) is 32.2 Å². The van der Waals surface area contributed by atoms with Crippen LogP contribution in [0, 0.1) is 6.92 Å². The maximum Gasteiger partial charge on any atom is 0.490 e. The van der Waals surface area contributed by atoms with Crippen molar-refractivity contribution >= 4 is 27.6 Å². The van der Waals surface area contributed by atoms with Crippen LogP contribution in [0.1, 0.15) is 17.7 Å². The normalized spacial score (nSPS) is 18.4. The fraction of sp³-hybridized carbons (Fsp3) is 0.450. The van der Waals surface area contributed by atoms with Gasteiger partial charge in [0.25, 0.3) is 0 Å². The highest BCUT2D eigenvalue weighted by molar-refractivity contribution is 7.92. The summed E-state index contributed by atoms with van der Waals surface area (Å²) in [6.07, 6.45) is -10.1. The molecule has 16 heteroatoms. The Kier molecular flexibility index (Phi) is 8.33. The maximum atomic E-state index is 13.4. The number of sulfone groups is 1. The van der Waals surface area contributed by atoms with Crippen molar-refractivity contribution in [2.24, 2.45) is 7.05 Å². The number of nitrogens with zero attached hydrogens (tertiary/aromatic N) is 3. The number of ether oxygens (including phenoxy) is 1. The first-order chi connectivity index (χ1) is 16.4. The molecule has 1 aromatic carbocycles. The van der Waals surface area contributed by atoms with E-state index in [1.165, 1.54) is 22.8 Å². The molecule has 9 nitrogen and oxygen atoms in total. The fourth-order valence-corrected chi connectivity index (χ4v) is 5.54. The molecular formula is C20H21F6N3O6S. The van der Waals surface area contributed by atoms with Crippen LogP contribution in [0.3, 0.4) is 0 Å². The van der Waals surface area contributed by atoms with Gasteiger partial charge in [-0.05, 0) is 25.5 Å². The molecule has 0 unspecified atom stereocenters. The standard InChI is InChI=1S/C18H20F3N3O4S.C2HF3O2/c1-11-8-16(23(2)22-11)24-10-12(9-14(24)17(25)28-3)29(26,27)15-7-5-4-6-13(15)18(19,20)21;3-2(4,5)1(6)7/h4-8,12,14H,9-10H2,1-3H3;(H,6,7)/t12-,14+;/m1./s1. The van der Waals surface area contributed by atoms with Crippen LogP contribution in [0.5, 0.6) is 0 Å². The molecule has 200 valence electrons. The lowest BCUT2D eigenvalue weighted by Gasteiger charge is -2.24. The van der Waals surface area contributed by atoms with Gasteiger partial charge >= 0.3 is 24.3 Å². The van der Waals surface area contributed by atoms with E-state index < -0.39 is 55.9 Å². The Labute approximate surface area is 201 Å². The topological polar surface area (TPSA) is 119 Å². The van der Waals surface area contributed by atoms with Crippen molar-refractivity contribution in [3.8, 4) is 0 Å². The summed E-state index contributed by atoms with van der Waals surface area (Å²) in [4.78, 5) is 21.9. The van der Waals surface area contributed by atoms with Crippen LogP contribution in [0.15, 0.2) is 35.2 Å². The zero-order valence-electron chi connectivity index (χ0n) is 19.0. The van der Waals surface area contributed by atoms with Gasteiger partial charge in [0.15, 0.2) is 9.84 Å². The van der Waals surface area contributed by atoms with E-state index in [9.17, 15) is 39.6 Å². The summed E-state index contributed by atoms with van der Waals surface area (Å²) >= 11 is 0. The number of halogens is 6. The summed E-state index contributed by atoms with van der Waals surface area (Å²) in [6, 6.07) is 4.79. The Morgan fingerprint density at radius 1 is 1.14 bits per heavy atom. The molecule has 3 rings (SSSR count).